The van der Waals surface area contributed by atoms with E-state index in [9.17, 15) is 14.4 Å². The predicted molar refractivity (Wildman–Crippen MR) is 86.7 cm³/mol. The van der Waals surface area contributed by atoms with E-state index < -0.39 is 11.8 Å². The van der Waals surface area contributed by atoms with E-state index in [0.29, 0.717) is 28.9 Å². The lowest BCUT2D eigenvalue weighted by atomic mass is 10.1. The van der Waals surface area contributed by atoms with Gasteiger partial charge in [0.05, 0.1) is 17.6 Å². The number of aromatic amines is 1. The molecule has 1 aromatic carbocycles. The van der Waals surface area contributed by atoms with Gasteiger partial charge < -0.3 is 10.6 Å². The average Bonchev–Trinajstić information content (AvgIpc) is 2.53. The van der Waals surface area contributed by atoms with Crippen molar-refractivity contribution in [3.8, 4) is 0 Å². The Morgan fingerprint density at radius 3 is 2.48 bits per heavy atom. The molecule has 0 radical (unpaired) electrons. The molecule has 0 saturated carbocycles. The number of hydrogen-bond acceptors (Lipinski definition) is 4. The number of nitrogens with one attached hydrogen (secondary N) is 3. The van der Waals surface area contributed by atoms with Crippen LogP contribution < -0.4 is 16.2 Å². The summed E-state index contributed by atoms with van der Waals surface area (Å²) in [6.07, 6.45) is 0.811. The molecule has 1 heterocycles. The second kappa shape index (κ2) is 7.53. The highest BCUT2D eigenvalue weighted by atomic mass is 16.2. The quantitative estimate of drug-likeness (QED) is 0.706. The van der Waals surface area contributed by atoms with Gasteiger partial charge in [-0.2, -0.15) is 5.10 Å². The summed E-state index contributed by atoms with van der Waals surface area (Å²) in [5, 5.41) is 12.5. The molecule has 7 nitrogen and oxygen atoms in total. The molecule has 122 valence electrons. The van der Waals surface area contributed by atoms with Crippen molar-refractivity contribution in [2.24, 2.45) is 5.92 Å². The third-order valence-corrected chi connectivity index (χ3v) is 3.40. The van der Waals surface area contributed by atoms with E-state index in [-0.39, 0.29) is 12.1 Å². The van der Waals surface area contributed by atoms with Crippen LogP contribution in [0.1, 0.15) is 26.0 Å². The molecule has 0 spiro atoms. The van der Waals surface area contributed by atoms with Gasteiger partial charge in [0.25, 0.3) is 5.56 Å². The third kappa shape index (κ3) is 4.38. The minimum Gasteiger partial charge on any atom is -0.348 e. The second-order valence-corrected chi connectivity index (χ2v) is 5.67. The minimum atomic E-state index is -0.717. The SMILES string of the molecule is CC(C)CCNC(=O)C(=O)NCc1n[nH]c(=O)c2ccccc12. The van der Waals surface area contributed by atoms with Crippen molar-refractivity contribution < 1.29 is 9.59 Å². The molecule has 0 aliphatic heterocycles. The van der Waals surface area contributed by atoms with Crippen LogP contribution in [0.4, 0.5) is 0 Å². The van der Waals surface area contributed by atoms with E-state index in [1.807, 2.05) is 13.8 Å². The van der Waals surface area contributed by atoms with Crippen molar-refractivity contribution in [3.05, 3.63) is 40.3 Å². The van der Waals surface area contributed by atoms with Crippen LogP contribution in [0.2, 0.25) is 0 Å². The number of hydrogen-bond donors (Lipinski definition) is 3. The van der Waals surface area contributed by atoms with Crippen LogP contribution in [0, 0.1) is 5.92 Å². The lowest BCUT2D eigenvalue weighted by molar-refractivity contribution is -0.139. The highest BCUT2D eigenvalue weighted by Gasteiger charge is 2.14. The monoisotopic (exact) mass is 316 g/mol. The molecule has 0 atom stereocenters. The van der Waals surface area contributed by atoms with Crippen LogP contribution in [0.5, 0.6) is 0 Å². The Morgan fingerprint density at radius 1 is 1.13 bits per heavy atom. The summed E-state index contributed by atoms with van der Waals surface area (Å²) in [5.41, 5.74) is 0.214. The number of carbonyl (C=O) groups is 2. The van der Waals surface area contributed by atoms with Gasteiger partial charge in [-0.25, -0.2) is 5.10 Å². The Hall–Kier alpha value is -2.70. The Labute approximate surface area is 133 Å². The normalized spacial score (nSPS) is 10.7. The summed E-state index contributed by atoms with van der Waals surface area (Å²) in [4.78, 5) is 35.1. The summed E-state index contributed by atoms with van der Waals surface area (Å²) in [6, 6.07) is 6.97. The number of benzene rings is 1. The van der Waals surface area contributed by atoms with E-state index in [1.54, 1.807) is 24.3 Å². The number of amides is 2. The zero-order valence-corrected chi connectivity index (χ0v) is 13.2. The molecule has 2 amide bonds. The second-order valence-electron chi connectivity index (χ2n) is 5.67. The maximum Gasteiger partial charge on any atom is 0.309 e. The summed E-state index contributed by atoms with van der Waals surface area (Å²) in [5.74, 6) is -0.930. The molecule has 0 bridgehead atoms. The topological polar surface area (TPSA) is 104 Å². The van der Waals surface area contributed by atoms with Gasteiger partial charge in [0.2, 0.25) is 0 Å². The molecule has 23 heavy (non-hydrogen) atoms. The highest BCUT2D eigenvalue weighted by molar-refractivity contribution is 6.35. The summed E-state index contributed by atoms with van der Waals surface area (Å²) >= 11 is 0. The molecule has 2 rings (SSSR count). The van der Waals surface area contributed by atoms with Crippen LogP contribution in [0.3, 0.4) is 0 Å². The molecule has 0 aliphatic rings. The van der Waals surface area contributed by atoms with Crippen LogP contribution >= 0.6 is 0 Å². The summed E-state index contributed by atoms with van der Waals surface area (Å²) in [6.45, 7) is 4.61. The number of nitrogens with zero attached hydrogens (tertiary/aromatic N) is 1. The van der Waals surface area contributed by atoms with Crippen LogP contribution in [0.15, 0.2) is 29.1 Å². The Kier molecular flexibility index (Phi) is 5.46. The van der Waals surface area contributed by atoms with Gasteiger partial charge in [-0.3, -0.25) is 14.4 Å². The summed E-state index contributed by atoms with van der Waals surface area (Å²) < 4.78 is 0. The van der Waals surface area contributed by atoms with Crippen molar-refractivity contribution in [1.29, 1.82) is 0 Å². The Balaban J connectivity index is 1.98. The fourth-order valence-electron chi connectivity index (χ4n) is 2.11. The van der Waals surface area contributed by atoms with Crippen molar-refractivity contribution in [3.63, 3.8) is 0 Å². The standard InChI is InChI=1S/C16H20N4O3/c1-10(2)7-8-17-15(22)16(23)18-9-13-11-5-3-4-6-12(11)14(21)20-19-13/h3-6,10H,7-9H2,1-2H3,(H,17,22)(H,18,23)(H,20,21). The Morgan fingerprint density at radius 2 is 1.78 bits per heavy atom. The number of fused-ring (bicyclic) bond motifs is 1. The molecular formula is C16H20N4O3. The first-order chi connectivity index (χ1) is 11.0. The zero-order chi connectivity index (χ0) is 16.8. The molecular weight excluding hydrogens is 296 g/mol. The fraction of sp³-hybridized carbons (Fsp3) is 0.375. The van der Waals surface area contributed by atoms with Crippen molar-refractivity contribution in [2.75, 3.05) is 6.54 Å². The van der Waals surface area contributed by atoms with Gasteiger partial charge in [-0.05, 0) is 18.4 Å². The van der Waals surface area contributed by atoms with Crippen molar-refractivity contribution >= 4 is 22.6 Å². The predicted octanol–water partition coefficient (Wildman–Crippen LogP) is 0.702. The lowest BCUT2D eigenvalue weighted by Gasteiger charge is -2.08. The van der Waals surface area contributed by atoms with Gasteiger partial charge in [0.1, 0.15) is 0 Å². The molecule has 7 heteroatoms. The Bertz CT molecular complexity index is 767. The maximum absolute atomic E-state index is 11.8. The molecule has 0 fully saturated rings. The van der Waals surface area contributed by atoms with E-state index in [2.05, 4.69) is 20.8 Å². The van der Waals surface area contributed by atoms with Crippen LogP contribution in [0.25, 0.3) is 10.8 Å². The van der Waals surface area contributed by atoms with Gasteiger partial charge in [0.15, 0.2) is 0 Å². The maximum atomic E-state index is 11.8. The molecule has 0 aliphatic carbocycles. The third-order valence-electron chi connectivity index (χ3n) is 3.40. The molecule has 2 aromatic rings. The number of H-pyrrole nitrogens is 1. The lowest BCUT2D eigenvalue weighted by Crippen LogP contribution is -2.40. The van der Waals surface area contributed by atoms with E-state index >= 15 is 0 Å². The molecule has 0 saturated heterocycles. The van der Waals surface area contributed by atoms with E-state index in [0.717, 1.165) is 6.42 Å². The fourth-order valence-corrected chi connectivity index (χ4v) is 2.11. The molecule has 3 N–H and O–H groups in total. The van der Waals surface area contributed by atoms with Gasteiger partial charge >= 0.3 is 11.8 Å². The van der Waals surface area contributed by atoms with Crippen molar-refractivity contribution in [1.82, 2.24) is 20.8 Å². The van der Waals surface area contributed by atoms with E-state index in [4.69, 9.17) is 0 Å². The highest BCUT2D eigenvalue weighted by Crippen LogP contribution is 2.11. The van der Waals surface area contributed by atoms with Gasteiger partial charge in [-0.1, -0.05) is 32.0 Å². The van der Waals surface area contributed by atoms with Gasteiger partial charge in [-0.15, -0.1) is 0 Å². The number of carbonyl (C=O) groups excluding carboxylic acids is 2. The molecule has 0 unspecified atom stereocenters. The zero-order valence-electron chi connectivity index (χ0n) is 13.2. The first kappa shape index (κ1) is 16.7. The largest absolute Gasteiger partial charge is 0.348 e. The minimum absolute atomic E-state index is 0.0632. The van der Waals surface area contributed by atoms with Crippen molar-refractivity contribution in [2.45, 2.75) is 26.8 Å². The van der Waals surface area contributed by atoms with Gasteiger partial charge in [0, 0.05) is 11.9 Å². The van der Waals surface area contributed by atoms with Crippen LogP contribution in [-0.4, -0.2) is 28.6 Å². The summed E-state index contributed by atoms with van der Waals surface area (Å²) in [7, 11) is 0. The van der Waals surface area contributed by atoms with E-state index in [1.165, 1.54) is 0 Å². The first-order valence-corrected chi connectivity index (χ1v) is 7.51. The number of aromatic nitrogens is 2. The molecule has 1 aromatic heterocycles. The first-order valence-electron chi connectivity index (χ1n) is 7.51. The smallest absolute Gasteiger partial charge is 0.309 e. The van der Waals surface area contributed by atoms with Crippen LogP contribution in [-0.2, 0) is 16.1 Å². The average molecular weight is 316 g/mol. The number of rotatable bonds is 5.